The number of rotatable bonds is 4. The lowest BCUT2D eigenvalue weighted by atomic mass is 10.1. The van der Waals surface area contributed by atoms with Gasteiger partial charge in [0.15, 0.2) is 0 Å². The number of nitriles is 1. The summed E-state index contributed by atoms with van der Waals surface area (Å²) in [5.74, 6) is -0.221. The molecule has 8 heteroatoms. The fraction of sp³-hybridized carbons (Fsp3) is 0.0435. The Balaban J connectivity index is 1.58. The first-order chi connectivity index (χ1) is 15.2. The van der Waals surface area contributed by atoms with Crippen molar-refractivity contribution < 1.29 is 5.11 Å². The fourth-order valence-corrected chi connectivity index (χ4v) is 5.25. The molecule has 0 radical (unpaired) electrons. The summed E-state index contributed by atoms with van der Waals surface area (Å²) in [6.07, 6.45) is 1.40. The van der Waals surface area contributed by atoms with Crippen molar-refractivity contribution in [2.24, 2.45) is 0 Å². The molecule has 0 atom stereocenters. The molecule has 0 bridgehead atoms. The maximum atomic E-state index is 13.2. The van der Waals surface area contributed by atoms with Crippen molar-refractivity contribution >= 4 is 48.7 Å². The van der Waals surface area contributed by atoms with E-state index in [9.17, 15) is 15.2 Å². The summed E-state index contributed by atoms with van der Waals surface area (Å²) in [4.78, 5) is 22.7. The monoisotopic (exact) mass is 442 g/mol. The lowest BCUT2D eigenvalue weighted by Gasteiger charge is -2.07. The molecule has 5 aromatic rings. The van der Waals surface area contributed by atoms with Gasteiger partial charge in [-0.2, -0.15) is 5.26 Å². The number of aliphatic hydroxyl groups is 1. The zero-order chi connectivity index (χ0) is 21.4. The van der Waals surface area contributed by atoms with Crippen LogP contribution in [0.15, 0.2) is 76.9 Å². The van der Waals surface area contributed by atoms with E-state index < -0.39 is 0 Å². The van der Waals surface area contributed by atoms with Gasteiger partial charge in [0.2, 0.25) is 0 Å². The minimum Gasteiger partial charge on any atom is -0.509 e. The Kier molecular flexibility index (Phi) is 4.82. The number of benzene rings is 2. The molecule has 0 saturated heterocycles. The van der Waals surface area contributed by atoms with Gasteiger partial charge in [0.25, 0.3) is 5.56 Å². The smallest absolute Gasteiger partial charge is 0.263 e. The van der Waals surface area contributed by atoms with Crippen LogP contribution in [0.5, 0.6) is 0 Å². The third-order valence-corrected chi connectivity index (χ3v) is 6.81. The SMILES string of the molecule is N#C/C(=C(/O)Cn1cnc2scc(-c3ccccc3)c2c1=O)c1nc2ccccc2s1. The molecule has 150 valence electrons. The van der Waals surface area contributed by atoms with E-state index in [0.29, 0.717) is 15.2 Å². The molecule has 3 heterocycles. The Bertz CT molecular complexity index is 1520. The Morgan fingerprint density at radius 3 is 2.68 bits per heavy atom. The summed E-state index contributed by atoms with van der Waals surface area (Å²) >= 11 is 2.72. The Hall–Kier alpha value is -3.80. The van der Waals surface area contributed by atoms with Crippen LogP contribution in [-0.4, -0.2) is 19.6 Å². The minimum absolute atomic E-state index is 0.0572. The third kappa shape index (κ3) is 3.40. The molecule has 5 rings (SSSR count). The van der Waals surface area contributed by atoms with E-state index in [-0.39, 0.29) is 23.4 Å². The molecule has 2 aromatic carbocycles. The third-order valence-electron chi connectivity index (χ3n) is 4.87. The molecule has 31 heavy (non-hydrogen) atoms. The van der Waals surface area contributed by atoms with Gasteiger partial charge in [0.05, 0.1) is 28.5 Å². The highest BCUT2D eigenvalue weighted by Gasteiger charge is 2.17. The number of thiazole rings is 1. The number of nitrogens with zero attached hydrogens (tertiary/aromatic N) is 4. The van der Waals surface area contributed by atoms with Crippen molar-refractivity contribution in [1.82, 2.24) is 14.5 Å². The van der Waals surface area contributed by atoms with E-state index in [0.717, 1.165) is 21.3 Å². The molecule has 0 aliphatic carbocycles. The quantitative estimate of drug-likeness (QED) is 0.304. The molecule has 0 aliphatic rings. The fourth-order valence-electron chi connectivity index (χ4n) is 3.37. The number of thiophene rings is 1. The first-order valence-corrected chi connectivity index (χ1v) is 11.1. The largest absolute Gasteiger partial charge is 0.509 e. The van der Waals surface area contributed by atoms with Gasteiger partial charge in [0, 0.05) is 10.9 Å². The molecule has 0 unspecified atom stereocenters. The molecular formula is C23H14N4O2S2. The zero-order valence-corrected chi connectivity index (χ0v) is 17.7. The number of hydrogen-bond acceptors (Lipinski definition) is 7. The van der Waals surface area contributed by atoms with Crippen LogP contribution >= 0.6 is 22.7 Å². The average molecular weight is 443 g/mol. The van der Waals surface area contributed by atoms with Gasteiger partial charge in [-0.1, -0.05) is 42.5 Å². The number of hydrogen-bond donors (Lipinski definition) is 1. The van der Waals surface area contributed by atoms with Crippen molar-refractivity contribution in [3.8, 4) is 17.2 Å². The number of aliphatic hydroxyl groups excluding tert-OH is 1. The van der Waals surface area contributed by atoms with E-state index >= 15 is 0 Å². The molecule has 0 aliphatic heterocycles. The second kappa shape index (κ2) is 7.80. The molecule has 1 N–H and O–H groups in total. The Morgan fingerprint density at radius 1 is 1.13 bits per heavy atom. The average Bonchev–Trinajstić information content (AvgIpc) is 3.41. The molecule has 0 spiro atoms. The summed E-state index contributed by atoms with van der Waals surface area (Å²) in [5.41, 5.74) is 2.29. The molecule has 0 amide bonds. The van der Waals surface area contributed by atoms with Gasteiger partial charge in [-0.3, -0.25) is 9.36 Å². The van der Waals surface area contributed by atoms with Crippen molar-refractivity contribution in [3.63, 3.8) is 0 Å². The van der Waals surface area contributed by atoms with E-state index in [4.69, 9.17) is 0 Å². The second-order valence-electron chi connectivity index (χ2n) is 6.79. The number of fused-ring (bicyclic) bond motifs is 2. The van der Waals surface area contributed by atoms with Crippen LogP contribution in [0.4, 0.5) is 0 Å². The topological polar surface area (TPSA) is 91.8 Å². The van der Waals surface area contributed by atoms with Crippen LogP contribution in [0.2, 0.25) is 0 Å². The first kappa shape index (κ1) is 19.2. The first-order valence-electron chi connectivity index (χ1n) is 9.36. The maximum Gasteiger partial charge on any atom is 0.263 e. The van der Waals surface area contributed by atoms with E-state index in [2.05, 4.69) is 9.97 Å². The van der Waals surface area contributed by atoms with Crippen molar-refractivity contribution in [3.05, 3.63) is 87.4 Å². The Morgan fingerprint density at radius 2 is 1.90 bits per heavy atom. The lowest BCUT2D eigenvalue weighted by Crippen LogP contribution is -2.21. The minimum atomic E-state index is -0.266. The van der Waals surface area contributed by atoms with Crippen molar-refractivity contribution in [2.75, 3.05) is 0 Å². The zero-order valence-electron chi connectivity index (χ0n) is 16.0. The lowest BCUT2D eigenvalue weighted by molar-refractivity contribution is 0.376. The standard InChI is InChI=1S/C23H14N4O2S2/c24-10-15(21-26-17-8-4-5-9-19(17)31-21)18(28)11-27-13-25-22-20(23(27)29)16(12-30-22)14-6-2-1-3-7-14/h1-9,12-13,28H,11H2/b18-15-. The highest BCUT2D eigenvalue weighted by molar-refractivity contribution is 7.19. The molecular weight excluding hydrogens is 428 g/mol. The Labute approximate surface area is 184 Å². The van der Waals surface area contributed by atoms with E-state index in [1.807, 2.05) is 66.0 Å². The summed E-state index contributed by atoms with van der Waals surface area (Å²) in [5, 5.41) is 23.2. The number of para-hydroxylation sites is 1. The normalized spacial score (nSPS) is 12.1. The summed E-state index contributed by atoms with van der Waals surface area (Å²) < 4.78 is 2.24. The summed E-state index contributed by atoms with van der Waals surface area (Å²) in [7, 11) is 0. The molecule has 3 aromatic heterocycles. The molecule has 0 saturated carbocycles. The second-order valence-corrected chi connectivity index (χ2v) is 8.68. The van der Waals surface area contributed by atoms with Gasteiger partial charge in [-0.15, -0.1) is 22.7 Å². The van der Waals surface area contributed by atoms with Crippen LogP contribution in [0, 0.1) is 11.3 Å². The van der Waals surface area contributed by atoms with Crippen LogP contribution in [-0.2, 0) is 6.54 Å². The summed E-state index contributed by atoms with van der Waals surface area (Å²) in [6.45, 7) is -0.162. The molecule has 6 nitrogen and oxygen atoms in total. The van der Waals surface area contributed by atoms with Crippen LogP contribution < -0.4 is 5.56 Å². The van der Waals surface area contributed by atoms with Crippen LogP contribution in [0.3, 0.4) is 0 Å². The number of allylic oxidation sites excluding steroid dienone is 2. The number of aromatic nitrogens is 3. The van der Waals surface area contributed by atoms with E-state index in [1.165, 1.54) is 33.6 Å². The van der Waals surface area contributed by atoms with Crippen LogP contribution in [0.1, 0.15) is 5.01 Å². The van der Waals surface area contributed by atoms with Gasteiger partial charge in [0.1, 0.15) is 27.2 Å². The van der Waals surface area contributed by atoms with Crippen LogP contribution in [0.25, 0.3) is 37.1 Å². The predicted octanol–water partition coefficient (Wildman–Crippen LogP) is 5.23. The van der Waals surface area contributed by atoms with Gasteiger partial charge in [-0.05, 0) is 17.7 Å². The van der Waals surface area contributed by atoms with Gasteiger partial charge < -0.3 is 5.11 Å². The highest BCUT2D eigenvalue weighted by atomic mass is 32.1. The highest BCUT2D eigenvalue weighted by Crippen LogP contribution is 2.31. The summed E-state index contributed by atoms with van der Waals surface area (Å²) in [6, 6.07) is 19.2. The van der Waals surface area contributed by atoms with Crippen molar-refractivity contribution in [2.45, 2.75) is 6.54 Å². The van der Waals surface area contributed by atoms with Crippen molar-refractivity contribution in [1.29, 1.82) is 5.26 Å². The van der Waals surface area contributed by atoms with Gasteiger partial charge >= 0.3 is 0 Å². The van der Waals surface area contributed by atoms with Gasteiger partial charge in [-0.25, -0.2) is 9.97 Å². The predicted molar refractivity (Wildman–Crippen MR) is 124 cm³/mol. The molecule has 0 fully saturated rings. The maximum absolute atomic E-state index is 13.2. The van der Waals surface area contributed by atoms with E-state index in [1.54, 1.807) is 0 Å².